The maximum absolute atomic E-state index is 14.9. The van der Waals surface area contributed by atoms with Gasteiger partial charge in [-0.15, -0.1) is 0 Å². The second-order valence-corrected chi connectivity index (χ2v) is 6.94. The minimum Gasteiger partial charge on any atom is -0.494 e. The summed E-state index contributed by atoms with van der Waals surface area (Å²) in [6.07, 6.45) is 1.57. The first kappa shape index (κ1) is 19.7. The molecule has 0 radical (unpaired) electrons. The molecule has 0 aliphatic carbocycles. The van der Waals surface area contributed by atoms with Crippen LogP contribution in [-0.4, -0.2) is 17.9 Å². The predicted molar refractivity (Wildman–Crippen MR) is 114 cm³/mol. The standard InChI is InChI=1S/C25H19F2NO2/c1-2-11-30-20-7-3-16(4-8-20)21-9-5-17(12-23(21)27)25-13-18(15-29)22-14-19(26)6-10-24(22)28-25/h3-10,12-15H,2,11H2,1H3. The average Bonchev–Trinajstić information content (AvgIpc) is 2.77. The number of aldehydes is 1. The molecule has 0 bridgehead atoms. The summed E-state index contributed by atoms with van der Waals surface area (Å²) in [5.41, 5.74) is 2.96. The van der Waals surface area contributed by atoms with Crippen molar-refractivity contribution in [2.75, 3.05) is 6.61 Å². The Labute approximate surface area is 173 Å². The average molecular weight is 403 g/mol. The summed E-state index contributed by atoms with van der Waals surface area (Å²) in [7, 11) is 0. The first-order chi connectivity index (χ1) is 14.6. The van der Waals surface area contributed by atoms with E-state index in [9.17, 15) is 13.6 Å². The van der Waals surface area contributed by atoms with Gasteiger partial charge in [0.1, 0.15) is 17.4 Å². The van der Waals surface area contributed by atoms with Crippen molar-refractivity contribution in [1.82, 2.24) is 4.98 Å². The molecule has 0 unspecified atom stereocenters. The smallest absolute Gasteiger partial charge is 0.150 e. The number of nitrogens with zero attached hydrogens (tertiary/aromatic N) is 1. The number of carbonyl (C=O) groups is 1. The number of halogens is 2. The lowest BCUT2D eigenvalue weighted by atomic mass is 10.00. The Morgan fingerprint density at radius 1 is 0.933 bits per heavy atom. The number of benzene rings is 3. The maximum atomic E-state index is 14.9. The van der Waals surface area contributed by atoms with E-state index in [1.807, 2.05) is 31.2 Å². The lowest BCUT2D eigenvalue weighted by Gasteiger charge is -2.10. The molecule has 0 amide bonds. The van der Waals surface area contributed by atoms with Crippen LogP contribution >= 0.6 is 0 Å². The molecule has 0 saturated heterocycles. The van der Waals surface area contributed by atoms with Crippen LogP contribution in [0.25, 0.3) is 33.3 Å². The van der Waals surface area contributed by atoms with Crippen LogP contribution in [0.15, 0.2) is 66.7 Å². The van der Waals surface area contributed by atoms with Crippen molar-refractivity contribution in [2.45, 2.75) is 13.3 Å². The summed E-state index contributed by atoms with van der Waals surface area (Å²) in [6, 6.07) is 17.7. The quantitative estimate of drug-likeness (QED) is 0.347. The Bertz CT molecular complexity index is 1220. The molecule has 30 heavy (non-hydrogen) atoms. The molecule has 3 aromatic carbocycles. The summed E-state index contributed by atoms with van der Waals surface area (Å²) >= 11 is 0. The highest BCUT2D eigenvalue weighted by atomic mass is 19.1. The summed E-state index contributed by atoms with van der Waals surface area (Å²) in [4.78, 5) is 16.0. The van der Waals surface area contributed by atoms with Gasteiger partial charge < -0.3 is 4.74 Å². The van der Waals surface area contributed by atoms with Gasteiger partial charge in [0, 0.05) is 22.1 Å². The van der Waals surface area contributed by atoms with Gasteiger partial charge in [-0.1, -0.05) is 31.2 Å². The van der Waals surface area contributed by atoms with Crippen LogP contribution < -0.4 is 4.74 Å². The number of pyridine rings is 1. The van der Waals surface area contributed by atoms with Crippen LogP contribution in [0, 0.1) is 11.6 Å². The molecule has 0 saturated carbocycles. The number of hydrogen-bond donors (Lipinski definition) is 0. The van der Waals surface area contributed by atoms with Crippen molar-refractivity contribution >= 4 is 17.2 Å². The van der Waals surface area contributed by atoms with Crippen LogP contribution in [0.3, 0.4) is 0 Å². The third-order valence-corrected chi connectivity index (χ3v) is 4.83. The second kappa shape index (κ2) is 8.41. The molecular formula is C25H19F2NO2. The molecule has 1 heterocycles. The zero-order valence-electron chi connectivity index (χ0n) is 16.4. The number of hydrogen-bond acceptors (Lipinski definition) is 3. The molecule has 4 rings (SSSR count). The van der Waals surface area contributed by atoms with Crippen molar-refractivity contribution in [3.05, 3.63) is 83.9 Å². The number of aromatic nitrogens is 1. The van der Waals surface area contributed by atoms with E-state index >= 15 is 0 Å². The van der Waals surface area contributed by atoms with Gasteiger partial charge in [0.05, 0.1) is 17.8 Å². The summed E-state index contributed by atoms with van der Waals surface area (Å²) < 4.78 is 34.0. The van der Waals surface area contributed by atoms with E-state index in [0.717, 1.165) is 17.7 Å². The van der Waals surface area contributed by atoms with E-state index < -0.39 is 11.6 Å². The minimum absolute atomic E-state index is 0.307. The van der Waals surface area contributed by atoms with Gasteiger partial charge in [0.25, 0.3) is 0 Å². The van der Waals surface area contributed by atoms with Gasteiger partial charge in [0.2, 0.25) is 0 Å². The highest BCUT2D eigenvalue weighted by Gasteiger charge is 2.12. The Balaban J connectivity index is 1.69. The maximum Gasteiger partial charge on any atom is 0.150 e. The monoisotopic (exact) mass is 403 g/mol. The van der Waals surface area contributed by atoms with E-state index in [1.165, 1.54) is 24.3 Å². The molecule has 0 spiro atoms. The van der Waals surface area contributed by atoms with E-state index in [-0.39, 0.29) is 0 Å². The molecular weight excluding hydrogens is 384 g/mol. The van der Waals surface area contributed by atoms with Crippen molar-refractivity contribution in [1.29, 1.82) is 0 Å². The van der Waals surface area contributed by atoms with Gasteiger partial charge in [-0.05, 0) is 54.4 Å². The second-order valence-electron chi connectivity index (χ2n) is 6.94. The zero-order chi connectivity index (χ0) is 21.1. The van der Waals surface area contributed by atoms with E-state index in [0.29, 0.717) is 46.2 Å². The lowest BCUT2D eigenvalue weighted by molar-refractivity contribution is 0.112. The predicted octanol–water partition coefficient (Wildman–Crippen LogP) is 6.45. The fourth-order valence-corrected chi connectivity index (χ4v) is 3.33. The van der Waals surface area contributed by atoms with Crippen molar-refractivity contribution < 1.29 is 18.3 Å². The molecule has 0 N–H and O–H groups in total. The van der Waals surface area contributed by atoms with Gasteiger partial charge in [0.15, 0.2) is 6.29 Å². The molecule has 1 aromatic heterocycles. The van der Waals surface area contributed by atoms with Crippen LogP contribution in [0.5, 0.6) is 5.75 Å². The molecule has 3 nitrogen and oxygen atoms in total. The Kier molecular flexibility index (Phi) is 5.53. The summed E-state index contributed by atoms with van der Waals surface area (Å²) in [6.45, 7) is 2.67. The van der Waals surface area contributed by atoms with E-state index in [4.69, 9.17) is 4.74 Å². The van der Waals surface area contributed by atoms with Crippen LogP contribution in [-0.2, 0) is 0 Å². The van der Waals surface area contributed by atoms with Gasteiger partial charge in [-0.3, -0.25) is 4.79 Å². The highest BCUT2D eigenvalue weighted by molar-refractivity contribution is 5.98. The molecule has 150 valence electrons. The number of ether oxygens (including phenoxy) is 1. The molecule has 0 aliphatic rings. The SMILES string of the molecule is CCCOc1ccc(-c2ccc(-c3cc(C=O)c4cc(F)ccc4n3)cc2F)cc1. The summed E-state index contributed by atoms with van der Waals surface area (Å²) in [5.74, 6) is -0.0964. The molecule has 0 fully saturated rings. The lowest BCUT2D eigenvalue weighted by Crippen LogP contribution is -1.95. The van der Waals surface area contributed by atoms with E-state index in [1.54, 1.807) is 18.2 Å². The highest BCUT2D eigenvalue weighted by Crippen LogP contribution is 2.30. The molecule has 5 heteroatoms. The minimum atomic E-state index is -0.443. The van der Waals surface area contributed by atoms with Gasteiger partial charge in [-0.2, -0.15) is 0 Å². The third kappa shape index (κ3) is 3.92. The topological polar surface area (TPSA) is 39.2 Å². The van der Waals surface area contributed by atoms with Crippen LogP contribution in [0.2, 0.25) is 0 Å². The van der Waals surface area contributed by atoms with Gasteiger partial charge in [-0.25, -0.2) is 13.8 Å². The molecule has 0 aliphatic heterocycles. The Morgan fingerprint density at radius 3 is 2.40 bits per heavy atom. The molecule has 0 atom stereocenters. The number of carbonyl (C=O) groups excluding carboxylic acids is 1. The third-order valence-electron chi connectivity index (χ3n) is 4.83. The fraction of sp³-hybridized carbons (Fsp3) is 0.120. The Hall–Kier alpha value is -3.60. The summed E-state index contributed by atoms with van der Waals surface area (Å²) in [5, 5.41) is 0.427. The van der Waals surface area contributed by atoms with Crippen molar-refractivity contribution in [3.63, 3.8) is 0 Å². The fourth-order valence-electron chi connectivity index (χ4n) is 3.33. The Morgan fingerprint density at radius 2 is 1.70 bits per heavy atom. The van der Waals surface area contributed by atoms with Gasteiger partial charge >= 0.3 is 0 Å². The zero-order valence-corrected chi connectivity index (χ0v) is 16.4. The van der Waals surface area contributed by atoms with Crippen LogP contribution in [0.4, 0.5) is 8.78 Å². The number of fused-ring (bicyclic) bond motifs is 1. The number of rotatable bonds is 6. The van der Waals surface area contributed by atoms with Crippen LogP contribution in [0.1, 0.15) is 23.7 Å². The molecule has 4 aromatic rings. The first-order valence-electron chi connectivity index (χ1n) is 9.67. The van der Waals surface area contributed by atoms with Crippen molar-refractivity contribution in [2.24, 2.45) is 0 Å². The van der Waals surface area contributed by atoms with Crippen molar-refractivity contribution in [3.8, 4) is 28.1 Å². The van der Waals surface area contributed by atoms with E-state index in [2.05, 4.69) is 4.98 Å². The first-order valence-corrected chi connectivity index (χ1v) is 9.67. The largest absolute Gasteiger partial charge is 0.494 e. The normalized spacial score (nSPS) is 10.9.